The molecule has 0 atom stereocenters. The second-order valence-corrected chi connectivity index (χ2v) is 7.33. The molecular weight excluding hydrogens is 332 g/mol. The highest BCUT2D eigenvalue weighted by molar-refractivity contribution is 7.10. The molecule has 1 fully saturated rings. The highest BCUT2D eigenvalue weighted by Gasteiger charge is 2.33. The van der Waals surface area contributed by atoms with Crippen molar-refractivity contribution in [2.24, 2.45) is 0 Å². The monoisotopic (exact) mass is 350 g/mol. The molecule has 0 aliphatic heterocycles. The lowest BCUT2D eigenvalue weighted by Gasteiger charge is -2.21. The lowest BCUT2D eigenvalue weighted by atomic mass is 10.3. The summed E-state index contributed by atoms with van der Waals surface area (Å²) in [5, 5.41) is 4.46. The molecule has 23 heavy (non-hydrogen) atoms. The summed E-state index contributed by atoms with van der Waals surface area (Å²) < 4.78 is 4.95. The number of amides is 1. The van der Waals surface area contributed by atoms with Gasteiger partial charge in [-0.1, -0.05) is 6.07 Å². The van der Waals surface area contributed by atoms with Crippen LogP contribution in [0.4, 0.5) is 0 Å². The molecule has 122 valence electrons. The third kappa shape index (κ3) is 4.17. The Kier molecular flexibility index (Phi) is 5.07. The molecule has 0 spiro atoms. The Bertz CT molecular complexity index is 677. The third-order valence-corrected chi connectivity index (χ3v) is 5.27. The number of carbonyl (C=O) groups excluding carboxylic acids is 2. The molecule has 1 aliphatic rings. The van der Waals surface area contributed by atoms with Gasteiger partial charge in [0.05, 0.1) is 19.6 Å². The number of rotatable bonds is 7. The van der Waals surface area contributed by atoms with Crippen molar-refractivity contribution in [2.45, 2.75) is 38.8 Å². The highest BCUT2D eigenvalue weighted by atomic mass is 32.1. The van der Waals surface area contributed by atoms with E-state index in [0.29, 0.717) is 31.3 Å². The van der Waals surface area contributed by atoms with Crippen LogP contribution in [-0.4, -0.2) is 34.4 Å². The Morgan fingerprint density at radius 3 is 2.87 bits per heavy atom. The minimum atomic E-state index is -0.405. The number of carbonyl (C=O) groups is 2. The van der Waals surface area contributed by atoms with Crippen LogP contribution in [0.2, 0.25) is 0 Å². The summed E-state index contributed by atoms with van der Waals surface area (Å²) >= 11 is 3.00. The quantitative estimate of drug-likeness (QED) is 0.720. The van der Waals surface area contributed by atoms with Gasteiger partial charge in [0, 0.05) is 16.3 Å². The molecule has 0 N–H and O–H groups in total. The van der Waals surface area contributed by atoms with Crippen LogP contribution in [0.25, 0.3) is 0 Å². The summed E-state index contributed by atoms with van der Waals surface area (Å²) in [5.74, 6) is -0.277. The van der Waals surface area contributed by atoms with Crippen molar-refractivity contribution in [2.75, 3.05) is 6.61 Å². The molecule has 0 unspecified atom stereocenters. The molecule has 5 nitrogen and oxygen atoms in total. The number of ether oxygens (including phenoxy) is 1. The topological polar surface area (TPSA) is 59.5 Å². The van der Waals surface area contributed by atoms with Crippen LogP contribution in [0.3, 0.4) is 0 Å². The summed E-state index contributed by atoms with van der Waals surface area (Å²) in [6, 6.07) is 4.26. The number of thiophene rings is 1. The van der Waals surface area contributed by atoms with Gasteiger partial charge in [-0.25, -0.2) is 9.78 Å². The first-order valence-corrected chi connectivity index (χ1v) is 9.36. The van der Waals surface area contributed by atoms with Gasteiger partial charge in [-0.2, -0.15) is 0 Å². The second kappa shape index (κ2) is 7.23. The van der Waals surface area contributed by atoms with Gasteiger partial charge in [-0.3, -0.25) is 4.79 Å². The first kappa shape index (κ1) is 16.1. The normalized spacial score (nSPS) is 13.8. The van der Waals surface area contributed by atoms with E-state index in [0.717, 1.165) is 22.7 Å². The summed E-state index contributed by atoms with van der Waals surface area (Å²) in [4.78, 5) is 31.5. The van der Waals surface area contributed by atoms with Crippen molar-refractivity contribution in [1.29, 1.82) is 0 Å². The molecule has 1 aliphatic carbocycles. The van der Waals surface area contributed by atoms with Crippen LogP contribution in [0.1, 0.15) is 40.1 Å². The summed E-state index contributed by atoms with van der Waals surface area (Å²) in [5.41, 5.74) is 0.327. The molecule has 0 radical (unpaired) electrons. The fourth-order valence-electron chi connectivity index (χ4n) is 2.30. The van der Waals surface area contributed by atoms with Gasteiger partial charge in [0.1, 0.15) is 5.01 Å². The zero-order valence-corrected chi connectivity index (χ0v) is 14.5. The summed E-state index contributed by atoms with van der Waals surface area (Å²) in [6.07, 6.45) is 2.53. The molecule has 0 aromatic carbocycles. The lowest BCUT2D eigenvalue weighted by molar-refractivity contribution is -0.131. The van der Waals surface area contributed by atoms with Crippen molar-refractivity contribution in [3.05, 3.63) is 38.5 Å². The van der Waals surface area contributed by atoms with Crippen LogP contribution >= 0.6 is 22.7 Å². The van der Waals surface area contributed by atoms with E-state index in [4.69, 9.17) is 4.74 Å². The van der Waals surface area contributed by atoms with Crippen molar-refractivity contribution < 1.29 is 14.3 Å². The number of thiazole rings is 1. The van der Waals surface area contributed by atoms with E-state index < -0.39 is 5.97 Å². The van der Waals surface area contributed by atoms with Crippen molar-refractivity contribution in [3.8, 4) is 0 Å². The number of nitrogens with zero attached hydrogens (tertiary/aromatic N) is 2. The van der Waals surface area contributed by atoms with E-state index in [1.807, 2.05) is 22.4 Å². The minimum absolute atomic E-state index is 0.128. The molecule has 7 heteroatoms. The number of hydrogen-bond acceptors (Lipinski definition) is 6. The summed E-state index contributed by atoms with van der Waals surface area (Å²) in [6.45, 7) is 2.57. The van der Waals surface area contributed by atoms with Crippen LogP contribution in [0.15, 0.2) is 22.9 Å². The van der Waals surface area contributed by atoms with Gasteiger partial charge in [-0.15, -0.1) is 22.7 Å². The second-order valence-electron chi connectivity index (χ2n) is 5.36. The molecule has 1 saturated carbocycles. The van der Waals surface area contributed by atoms with Crippen molar-refractivity contribution in [3.63, 3.8) is 0 Å². The van der Waals surface area contributed by atoms with Crippen LogP contribution < -0.4 is 0 Å². The van der Waals surface area contributed by atoms with E-state index >= 15 is 0 Å². The molecule has 0 saturated heterocycles. The maximum Gasteiger partial charge on any atom is 0.357 e. The molecule has 1 amide bonds. The van der Waals surface area contributed by atoms with Crippen molar-refractivity contribution in [1.82, 2.24) is 9.88 Å². The number of esters is 1. The number of aromatic nitrogens is 1. The maximum absolute atomic E-state index is 12.6. The van der Waals surface area contributed by atoms with Gasteiger partial charge >= 0.3 is 5.97 Å². The Morgan fingerprint density at radius 1 is 1.39 bits per heavy atom. The van der Waals surface area contributed by atoms with Crippen LogP contribution in [0, 0.1) is 0 Å². The smallest absolute Gasteiger partial charge is 0.357 e. The zero-order valence-electron chi connectivity index (χ0n) is 12.9. The minimum Gasteiger partial charge on any atom is -0.461 e. The first-order valence-electron chi connectivity index (χ1n) is 7.60. The zero-order chi connectivity index (χ0) is 16.2. The first-order chi connectivity index (χ1) is 11.2. The van der Waals surface area contributed by atoms with Crippen LogP contribution in [0.5, 0.6) is 0 Å². The molecule has 2 aromatic rings. The van der Waals surface area contributed by atoms with Crippen LogP contribution in [-0.2, 0) is 22.5 Å². The predicted octanol–water partition coefficient (Wildman–Crippen LogP) is 3.12. The highest BCUT2D eigenvalue weighted by Crippen LogP contribution is 2.30. The molecular formula is C16H18N2O3S2. The Morgan fingerprint density at radius 2 is 2.22 bits per heavy atom. The van der Waals surface area contributed by atoms with Gasteiger partial charge in [0.15, 0.2) is 5.69 Å². The van der Waals surface area contributed by atoms with E-state index in [1.165, 1.54) is 11.3 Å². The van der Waals surface area contributed by atoms with Gasteiger partial charge < -0.3 is 9.64 Å². The average Bonchev–Trinajstić information content (AvgIpc) is 3.04. The number of hydrogen-bond donors (Lipinski definition) is 0. The maximum atomic E-state index is 12.6. The Labute approximate surface area is 142 Å². The largest absolute Gasteiger partial charge is 0.461 e. The third-order valence-electron chi connectivity index (χ3n) is 3.56. The SMILES string of the molecule is CCOC(=O)c1csc(CN(C(=O)Cc2cccs2)C2CC2)n1. The fourth-order valence-corrected chi connectivity index (χ4v) is 3.76. The standard InChI is InChI=1S/C16H18N2O3S2/c1-2-21-16(20)13-10-23-14(17-13)9-18(11-5-6-11)15(19)8-12-4-3-7-22-12/h3-4,7,10-11H,2,5-6,8-9H2,1H3. The summed E-state index contributed by atoms with van der Waals surface area (Å²) in [7, 11) is 0. The average molecular weight is 350 g/mol. The van der Waals surface area contributed by atoms with E-state index in [9.17, 15) is 9.59 Å². The van der Waals surface area contributed by atoms with E-state index in [1.54, 1.807) is 23.6 Å². The fraction of sp³-hybridized carbons (Fsp3) is 0.438. The molecule has 3 rings (SSSR count). The van der Waals surface area contributed by atoms with Gasteiger partial charge in [0.25, 0.3) is 0 Å². The van der Waals surface area contributed by atoms with Gasteiger partial charge in [-0.05, 0) is 31.2 Å². The van der Waals surface area contributed by atoms with E-state index in [-0.39, 0.29) is 5.91 Å². The van der Waals surface area contributed by atoms with E-state index in [2.05, 4.69) is 4.98 Å². The Balaban J connectivity index is 1.65. The predicted molar refractivity (Wildman–Crippen MR) is 89.7 cm³/mol. The molecule has 2 heterocycles. The lowest BCUT2D eigenvalue weighted by Crippen LogP contribution is -2.33. The van der Waals surface area contributed by atoms with Crippen molar-refractivity contribution >= 4 is 34.6 Å². The molecule has 2 aromatic heterocycles. The Hall–Kier alpha value is -1.73. The molecule has 0 bridgehead atoms. The van der Waals surface area contributed by atoms with Gasteiger partial charge in [0.2, 0.25) is 5.91 Å².